The number of amides is 1. The Bertz CT molecular complexity index is 307. The van der Waals surface area contributed by atoms with Gasteiger partial charge in [0.1, 0.15) is 6.61 Å². The van der Waals surface area contributed by atoms with Gasteiger partial charge in [0.15, 0.2) is 0 Å². The second-order valence-electron chi connectivity index (χ2n) is 5.48. The highest BCUT2D eigenvalue weighted by Gasteiger charge is 2.26. The van der Waals surface area contributed by atoms with Gasteiger partial charge in [0.2, 0.25) is 5.91 Å². The van der Waals surface area contributed by atoms with Crippen LogP contribution in [0.1, 0.15) is 34.1 Å². The molecule has 0 aromatic carbocycles. The minimum Gasteiger partial charge on any atom is -0.411 e. The Morgan fingerprint density at radius 3 is 2.71 bits per heavy atom. The maximum atomic E-state index is 11.9. The normalized spacial score (nSPS) is 24.1. The predicted molar refractivity (Wildman–Crippen MR) is 65.3 cm³/mol. The minimum atomic E-state index is -0.297. The maximum Gasteiger partial charge on any atom is 0.248 e. The summed E-state index contributed by atoms with van der Waals surface area (Å²) in [5.41, 5.74) is 0.472. The molecule has 1 amide bonds. The van der Waals surface area contributed by atoms with Crippen molar-refractivity contribution < 1.29 is 14.7 Å². The molecule has 1 unspecified atom stereocenters. The van der Waals surface area contributed by atoms with Crippen molar-refractivity contribution in [2.45, 2.75) is 39.7 Å². The van der Waals surface area contributed by atoms with Crippen molar-refractivity contribution in [3.8, 4) is 0 Å². The zero-order chi connectivity index (χ0) is 13.1. The van der Waals surface area contributed by atoms with Crippen LogP contribution in [0.4, 0.5) is 0 Å². The van der Waals surface area contributed by atoms with Crippen molar-refractivity contribution in [2.75, 3.05) is 19.7 Å². The lowest BCUT2D eigenvalue weighted by Gasteiger charge is -2.32. The molecule has 17 heavy (non-hydrogen) atoms. The van der Waals surface area contributed by atoms with Crippen LogP contribution in [-0.4, -0.2) is 47.0 Å². The van der Waals surface area contributed by atoms with E-state index in [2.05, 4.69) is 5.16 Å². The lowest BCUT2D eigenvalue weighted by Crippen LogP contribution is -2.45. The highest BCUT2D eigenvalue weighted by Crippen LogP contribution is 2.15. The highest BCUT2D eigenvalue weighted by atomic mass is 16.5. The molecule has 5 nitrogen and oxygen atoms in total. The van der Waals surface area contributed by atoms with Crippen LogP contribution >= 0.6 is 0 Å². The number of oxime groups is 1. The Morgan fingerprint density at radius 1 is 1.59 bits per heavy atom. The zero-order valence-electron chi connectivity index (χ0n) is 11.1. The van der Waals surface area contributed by atoms with Crippen molar-refractivity contribution in [3.63, 3.8) is 0 Å². The third-order valence-electron chi connectivity index (χ3n) is 2.81. The van der Waals surface area contributed by atoms with Crippen LogP contribution in [0.15, 0.2) is 5.16 Å². The van der Waals surface area contributed by atoms with E-state index >= 15 is 0 Å². The van der Waals surface area contributed by atoms with Crippen LogP contribution in [0.25, 0.3) is 0 Å². The molecular weight excluding hydrogens is 220 g/mol. The Kier molecular flexibility index (Phi) is 4.51. The zero-order valence-corrected chi connectivity index (χ0v) is 11.1. The molecule has 1 saturated heterocycles. The van der Waals surface area contributed by atoms with Crippen molar-refractivity contribution >= 4 is 11.6 Å². The summed E-state index contributed by atoms with van der Waals surface area (Å²) in [5, 5.41) is 12.0. The van der Waals surface area contributed by atoms with E-state index in [0.29, 0.717) is 19.5 Å². The van der Waals surface area contributed by atoms with Crippen molar-refractivity contribution in [3.05, 3.63) is 0 Å². The van der Waals surface area contributed by atoms with Crippen molar-refractivity contribution in [1.82, 2.24) is 4.90 Å². The van der Waals surface area contributed by atoms with Crippen molar-refractivity contribution in [1.29, 1.82) is 0 Å². The fourth-order valence-electron chi connectivity index (χ4n) is 1.77. The summed E-state index contributed by atoms with van der Waals surface area (Å²) in [6.07, 6.45) is 0.638. The number of piperidine rings is 1. The molecule has 1 aliphatic heterocycles. The van der Waals surface area contributed by atoms with E-state index in [1.165, 1.54) is 0 Å². The lowest BCUT2D eigenvalue weighted by molar-refractivity contribution is -0.141. The Morgan fingerprint density at radius 2 is 2.24 bits per heavy atom. The second kappa shape index (κ2) is 5.49. The van der Waals surface area contributed by atoms with Crippen molar-refractivity contribution in [2.24, 2.45) is 11.1 Å². The first-order valence-electron chi connectivity index (χ1n) is 5.96. The quantitative estimate of drug-likeness (QED) is 0.589. The first kappa shape index (κ1) is 14.0. The van der Waals surface area contributed by atoms with Gasteiger partial charge in [-0.1, -0.05) is 12.1 Å². The maximum absolute atomic E-state index is 11.9. The van der Waals surface area contributed by atoms with Crippen LogP contribution in [0.2, 0.25) is 0 Å². The first-order chi connectivity index (χ1) is 7.83. The van der Waals surface area contributed by atoms with E-state index in [9.17, 15) is 4.79 Å². The standard InChI is InChI=1S/C12H22N2O3/c1-9-7-14(6-5-10(9)13-16)11(15)8-17-12(2,3)4/h9,16H,5-8H2,1-4H3. The summed E-state index contributed by atoms with van der Waals surface area (Å²) >= 11 is 0. The summed E-state index contributed by atoms with van der Waals surface area (Å²) in [7, 11) is 0. The first-order valence-corrected chi connectivity index (χ1v) is 5.96. The molecule has 1 N–H and O–H groups in total. The van der Waals surface area contributed by atoms with Gasteiger partial charge < -0.3 is 14.8 Å². The number of carbonyl (C=O) groups is 1. The van der Waals surface area contributed by atoms with Gasteiger partial charge in [-0.2, -0.15) is 0 Å². The molecule has 0 aromatic rings. The number of rotatable bonds is 2. The number of carbonyl (C=O) groups excluding carboxylic acids is 1. The fourth-order valence-corrected chi connectivity index (χ4v) is 1.77. The summed E-state index contributed by atoms with van der Waals surface area (Å²) in [6, 6.07) is 0. The van der Waals surface area contributed by atoms with E-state index in [0.717, 1.165) is 5.71 Å². The number of nitrogens with zero attached hydrogens (tertiary/aromatic N) is 2. The summed E-state index contributed by atoms with van der Waals surface area (Å²) in [6.45, 7) is 9.06. The highest BCUT2D eigenvalue weighted by molar-refractivity contribution is 5.89. The van der Waals surface area contributed by atoms with E-state index < -0.39 is 0 Å². The molecule has 0 spiro atoms. The Labute approximate surface area is 102 Å². The minimum absolute atomic E-state index is 0.00349. The molecule has 0 saturated carbocycles. The molecule has 1 heterocycles. The summed E-state index contributed by atoms with van der Waals surface area (Å²) < 4.78 is 5.46. The van der Waals surface area contributed by atoms with Gasteiger partial charge in [-0.15, -0.1) is 0 Å². The summed E-state index contributed by atoms with van der Waals surface area (Å²) in [4.78, 5) is 13.7. The molecule has 1 fully saturated rings. The average molecular weight is 242 g/mol. The molecule has 5 heteroatoms. The summed E-state index contributed by atoms with van der Waals surface area (Å²) in [5.74, 6) is 0.121. The number of likely N-dealkylation sites (tertiary alicyclic amines) is 1. The van der Waals surface area contributed by atoms with Crippen LogP contribution in [-0.2, 0) is 9.53 Å². The fraction of sp³-hybridized carbons (Fsp3) is 0.833. The number of ether oxygens (including phenoxy) is 1. The molecular formula is C12H22N2O3. The third-order valence-corrected chi connectivity index (χ3v) is 2.81. The average Bonchev–Trinajstić information content (AvgIpc) is 2.24. The molecule has 0 aromatic heterocycles. The van der Waals surface area contributed by atoms with Crippen LogP contribution in [0.5, 0.6) is 0 Å². The van der Waals surface area contributed by atoms with Crippen LogP contribution < -0.4 is 0 Å². The van der Waals surface area contributed by atoms with Crippen LogP contribution in [0, 0.1) is 5.92 Å². The SMILES string of the molecule is CC1CN(C(=O)COC(C)(C)C)CCC1=NO. The molecule has 0 aliphatic carbocycles. The van der Waals surface area contributed by atoms with Gasteiger partial charge in [-0.3, -0.25) is 4.79 Å². The number of hydrogen-bond acceptors (Lipinski definition) is 4. The largest absolute Gasteiger partial charge is 0.411 e. The van der Waals surface area contributed by atoms with Gasteiger partial charge in [-0.05, 0) is 20.8 Å². The Balaban J connectivity index is 2.45. The lowest BCUT2D eigenvalue weighted by atomic mass is 9.98. The molecule has 1 atom stereocenters. The van der Waals surface area contributed by atoms with Gasteiger partial charge in [0.05, 0.1) is 11.3 Å². The second-order valence-corrected chi connectivity index (χ2v) is 5.48. The van der Waals surface area contributed by atoms with Gasteiger partial charge in [-0.25, -0.2) is 0 Å². The monoisotopic (exact) mass is 242 g/mol. The van der Waals surface area contributed by atoms with Gasteiger partial charge in [0.25, 0.3) is 0 Å². The van der Waals surface area contributed by atoms with Gasteiger partial charge in [0, 0.05) is 25.4 Å². The molecule has 0 radical (unpaired) electrons. The topological polar surface area (TPSA) is 62.1 Å². The number of hydrogen-bond donors (Lipinski definition) is 1. The van der Waals surface area contributed by atoms with E-state index in [4.69, 9.17) is 9.94 Å². The molecule has 1 rings (SSSR count). The molecule has 0 bridgehead atoms. The molecule has 1 aliphatic rings. The molecule has 98 valence electrons. The van der Waals surface area contributed by atoms with Crippen LogP contribution in [0.3, 0.4) is 0 Å². The van der Waals surface area contributed by atoms with Gasteiger partial charge >= 0.3 is 0 Å². The smallest absolute Gasteiger partial charge is 0.248 e. The predicted octanol–water partition coefficient (Wildman–Crippen LogP) is 1.50. The van der Waals surface area contributed by atoms with E-state index in [1.54, 1.807) is 4.90 Å². The van der Waals surface area contributed by atoms with E-state index in [1.807, 2.05) is 27.7 Å². The third kappa shape index (κ3) is 4.34. The van der Waals surface area contributed by atoms with E-state index in [-0.39, 0.29) is 24.0 Å². The Hall–Kier alpha value is -1.10.